The maximum absolute atomic E-state index is 13.3. The molecule has 0 amide bonds. The number of β-amino-alcohol motifs (C(OH)–C–C–N with tert-alkyl or cyclic N) is 1. The number of halogens is 3. The van der Waals surface area contributed by atoms with Crippen LogP contribution >= 0.6 is 11.8 Å². The van der Waals surface area contributed by atoms with Crippen LogP contribution in [-0.4, -0.2) is 78.4 Å². The minimum Gasteiger partial charge on any atom is -0.481 e. The summed E-state index contributed by atoms with van der Waals surface area (Å²) in [4.78, 5) is 18.9. The number of hydrogen-bond acceptors (Lipinski definition) is 6. The first kappa shape index (κ1) is 38.2. The van der Waals surface area contributed by atoms with Crippen LogP contribution in [0.5, 0.6) is 0 Å². The van der Waals surface area contributed by atoms with Crippen molar-refractivity contribution in [2.75, 3.05) is 57.3 Å². The number of fused-ring (bicyclic) bond motifs is 2. The fourth-order valence-electron chi connectivity index (χ4n) is 6.02. The molecule has 46 heavy (non-hydrogen) atoms. The van der Waals surface area contributed by atoms with E-state index in [1.54, 1.807) is 6.07 Å². The molecule has 1 saturated heterocycles. The van der Waals surface area contributed by atoms with Gasteiger partial charge in [0.05, 0.1) is 23.5 Å². The van der Waals surface area contributed by atoms with Gasteiger partial charge in [0.15, 0.2) is 0 Å². The standard InChI is InChI=1S/C22H26F3N3OS.C14H28O2/c23-22(24,25)17-6-7-21-19(16-17)28(18-4-1-2-5-20(18)30-21)9-3-8-26-10-12-27(13-11-26)14-15-29;1-2-3-4-5-6-7-8-9-10-11-12-13-14(15)16/h1-2,4-7,16,29H,3,8-15H2;2-13H2,1H3,(H,15,16). The summed E-state index contributed by atoms with van der Waals surface area (Å²) in [7, 11) is 0. The molecule has 0 atom stereocenters. The maximum atomic E-state index is 13.3. The van der Waals surface area contributed by atoms with Crippen LogP contribution in [0.3, 0.4) is 0 Å². The van der Waals surface area contributed by atoms with Crippen molar-refractivity contribution in [3.8, 4) is 0 Å². The number of unbranched alkanes of at least 4 members (excludes halogenated alkanes) is 10. The molecule has 0 aromatic heterocycles. The average molecular weight is 666 g/mol. The highest BCUT2D eigenvalue weighted by molar-refractivity contribution is 7.99. The van der Waals surface area contributed by atoms with Crippen LogP contribution in [0, 0.1) is 0 Å². The van der Waals surface area contributed by atoms with Gasteiger partial charge in [-0.2, -0.15) is 13.2 Å². The van der Waals surface area contributed by atoms with E-state index in [2.05, 4.69) is 16.7 Å². The van der Waals surface area contributed by atoms with E-state index in [0.29, 0.717) is 25.2 Å². The first-order valence-electron chi connectivity index (χ1n) is 17.3. The quantitative estimate of drug-likeness (QED) is 0.154. The molecular formula is C36H54F3N3O3S. The summed E-state index contributed by atoms with van der Waals surface area (Å²) in [6.45, 7) is 8.54. The first-order valence-corrected chi connectivity index (χ1v) is 18.1. The lowest BCUT2D eigenvalue weighted by molar-refractivity contribution is -0.138. The van der Waals surface area contributed by atoms with Gasteiger partial charge in [0.1, 0.15) is 0 Å². The summed E-state index contributed by atoms with van der Waals surface area (Å²) in [6, 6.07) is 11.9. The van der Waals surface area contributed by atoms with Crippen molar-refractivity contribution < 1.29 is 28.2 Å². The minimum atomic E-state index is -4.35. The van der Waals surface area contributed by atoms with Crippen molar-refractivity contribution in [1.29, 1.82) is 0 Å². The van der Waals surface area contributed by atoms with Gasteiger partial charge in [-0.05, 0) is 49.7 Å². The smallest absolute Gasteiger partial charge is 0.416 e. The van der Waals surface area contributed by atoms with Gasteiger partial charge in [-0.15, -0.1) is 0 Å². The summed E-state index contributed by atoms with van der Waals surface area (Å²) in [6.07, 6.45) is 10.9. The summed E-state index contributed by atoms with van der Waals surface area (Å²) in [5.41, 5.74) is 1.01. The SMILES string of the molecule is CCCCCCCCCCCCCC(=O)O.OCCN1CCN(CCCN2c3ccccc3Sc3ccc(C(F)(F)F)cc32)CC1. The normalized spacial score (nSPS) is 15.2. The Morgan fingerprint density at radius 2 is 1.30 bits per heavy atom. The van der Waals surface area contributed by atoms with Crippen molar-refractivity contribution in [1.82, 2.24) is 9.80 Å². The third kappa shape index (κ3) is 13.5. The van der Waals surface area contributed by atoms with Crippen molar-refractivity contribution >= 4 is 29.1 Å². The van der Waals surface area contributed by atoms with E-state index in [-0.39, 0.29) is 6.61 Å². The molecule has 258 valence electrons. The van der Waals surface area contributed by atoms with Gasteiger partial charge < -0.3 is 20.0 Å². The van der Waals surface area contributed by atoms with E-state index < -0.39 is 17.7 Å². The Labute approximate surface area is 278 Å². The van der Waals surface area contributed by atoms with Gasteiger partial charge in [0, 0.05) is 55.5 Å². The third-order valence-corrected chi connectivity index (χ3v) is 9.81. The van der Waals surface area contributed by atoms with Gasteiger partial charge in [-0.3, -0.25) is 9.69 Å². The van der Waals surface area contributed by atoms with E-state index in [1.165, 1.54) is 81.7 Å². The number of carboxylic acids is 1. The van der Waals surface area contributed by atoms with E-state index in [4.69, 9.17) is 10.2 Å². The molecule has 2 heterocycles. The predicted octanol–water partition coefficient (Wildman–Crippen LogP) is 9.08. The van der Waals surface area contributed by atoms with Crippen LogP contribution < -0.4 is 4.90 Å². The molecule has 0 saturated carbocycles. The number of carboxylic acid groups (broad SMARTS) is 1. The molecule has 0 bridgehead atoms. The number of hydrogen-bond donors (Lipinski definition) is 2. The number of nitrogens with zero attached hydrogens (tertiary/aromatic N) is 3. The van der Waals surface area contributed by atoms with Gasteiger partial charge >= 0.3 is 12.1 Å². The Morgan fingerprint density at radius 3 is 1.89 bits per heavy atom. The fourth-order valence-corrected chi connectivity index (χ4v) is 7.09. The number of rotatable bonds is 18. The van der Waals surface area contributed by atoms with Gasteiger partial charge in [-0.1, -0.05) is 95.0 Å². The Morgan fingerprint density at radius 1 is 0.739 bits per heavy atom. The highest BCUT2D eigenvalue weighted by Crippen LogP contribution is 2.49. The highest BCUT2D eigenvalue weighted by atomic mass is 32.2. The molecule has 0 spiro atoms. The van der Waals surface area contributed by atoms with E-state index in [1.807, 2.05) is 29.2 Å². The van der Waals surface area contributed by atoms with Gasteiger partial charge in [0.2, 0.25) is 0 Å². The Kier molecular flexibility index (Phi) is 17.3. The van der Waals surface area contributed by atoms with Crippen LogP contribution in [0.1, 0.15) is 96.0 Å². The van der Waals surface area contributed by atoms with Crippen molar-refractivity contribution in [3.05, 3.63) is 48.0 Å². The maximum Gasteiger partial charge on any atom is 0.416 e. The molecule has 0 radical (unpaired) electrons. The Balaban J connectivity index is 0.000000307. The van der Waals surface area contributed by atoms with E-state index in [9.17, 15) is 18.0 Å². The number of anilines is 2. The lowest BCUT2D eigenvalue weighted by atomic mass is 10.1. The molecular weight excluding hydrogens is 611 g/mol. The number of piperazine rings is 1. The molecule has 6 nitrogen and oxygen atoms in total. The summed E-state index contributed by atoms with van der Waals surface area (Å²) in [5, 5.41) is 17.5. The second-order valence-corrected chi connectivity index (χ2v) is 13.4. The molecule has 4 rings (SSSR count). The second kappa shape index (κ2) is 20.9. The number of benzene rings is 2. The number of para-hydroxylation sites is 1. The molecule has 2 aliphatic rings. The third-order valence-electron chi connectivity index (χ3n) is 8.68. The number of alkyl halides is 3. The molecule has 0 aliphatic carbocycles. The molecule has 2 aliphatic heterocycles. The molecule has 2 N–H and O–H groups in total. The molecule has 2 aromatic rings. The highest BCUT2D eigenvalue weighted by Gasteiger charge is 2.33. The molecule has 10 heteroatoms. The topological polar surface area (TPSA) is 67.2 Å². The minimum absolute atomic E-state index is 0.186. The van der Waals surface area contributed by atoms with Crippen LogP contribution in [0.25, 0.3) is 0 Å². The Bertz CT molecular complexity index is 1160. The van der Waals surface area contributed by atoms with Crippen molar-refractivity contribution in [2.45, 2.75) is 106 Å². The zero-order valence-electron chi connectivity index (χ0n) is 27.6. The number of aliphatic hydroxyl groups excluding tert-OH is 1. The first-order chi connectivity index (χ1) is 22.2. The number of carbonyl (C=O) groups is 1. The van der Waals surface area contributed by atoms with Crippen LogP contribution in [0.4, 0.5) is 24.5 Å². The lowest BCUT2D eigenvalue weighted by Gasteiger charge is -2.36. The Hall–Kier alpha value is -2.27. The van der Waals surface area contributed by atoms with Crippen LogP contribution in [0.15, 0.2) is 52.3 Å². The number of aliphatic hydroxyl groups is 1. The molecule has 1 fully saturated rings. The fraction of sp³-hybridized carbons (Fsp3) is 0.639. The van der Waals surface area contributed by atoms with Gasteiger partial charge in [0.25, 0.3) is 0 Å². The zero-order valence-corrected chi connectivity index (χ0v) is 28.4. The zero-order chi connectivity index (χ0) is 33.2. The monoisotopic (exact) mass is 665 g/mol. The van der Waals surface area contributed by atoms with Crippen molar-refractivity contribution in [2.24, 2.45) is 0 Å². The lowest BCUT2D eigenvalue weighted by Crippen LogP contribution is -2.47. The van der Waals surface area contributed by atoms with E-state index in [0.717, 1.165) is 67.5 Å². The number of aliphatic carboxylic acids is 1. The summed E-state index contributed by atoms with van der Waals surface area (Å²) in [5.74, 6) is -0.657. The second-order valence-electron chi connectivity index (χ2n) is 12.3. The average Bonchev–Trinajstić information content (AvgIpc) is 3.04. The summed E-state index contributed by atoms with van der Waals surface area (Å²) < 4.78 is 39.9. The largest absolute Gasteiger partial charge is 0.481 e. The van der Waals surface area contributed by atoms with Crippen molar-refractivity contribution in [3.63, 3.8) is 0 Å². The predicted molar refractivity (Wildman–Crippen MR) is 182 cm³/mol. The molecule has 0 unspecified atom stereocenters. The van der Waals surface area contributed by atoms with Crippen LogP contribution in [0.2, 0.25) is 0 Å². The molecule has 2 aromatic carbocycles. The van der Waals surface area contributed by atoms with Gasteiger partial charge in [-0.25, -0.2) is 0 Å². The summed E-state index contributed by atoms with van der Waals surface area (Å²) >= 11 is 1.53. The van der Waals surface area contributed by atoms with E-state index >= 15 is 0 Å². The van der Waals surface area contributed by atoms with Crippen LogP contribution in [-0.2, 0) is 11.0 Å².